The largest absolute Gasteiger partial charge is 0.488 e. The second kappa shape index (κ2) is 6.84. The first kappa shape index (κ1) is 16.2. The molecule has 3 unspecified atom stereocenters. The molecule has 1 aliphatic carbocycles. The summed E-state index contributed by atoms with van der Waals surface area (Å²) in [5, 5.41) is 15.4. The summed E-state index contributed by atoms with van der Waals surface area (Å²) in [6.45, 7) is 0.569. The highest BCUT2D eigenvalue weighted by Gasteiger charge is 2.41. The van der Waals surface area contributed by atoms with E-state index in [1.807, 2.05) is 0 Å². The highest BCUT2D eigenvalue weighted by atomic mass is 19.1. The van der Waals surface area contributed by atoms with E-state index in [1.54, 1.807) is 24.3 Å². The first-order valence-electron chi connectivity index (χ1n) is 8.23. The fraction of sp³-hybridized carbons (Fsp3) is 0.588. The first-order chi connectivity index (χ1) is 11.1. The fourth-order valence-corrected chi connectivity index (χ4v) is 3.10. The van der Waals surface area contributed by atoms with Gasteiger partial charge in [0.05, 0.1) is 6.10 Å². The second-order valence-corrected chi connectivity index (χ2v) is 6.38. The number of halogens is 1. The summed E-state index contributed by atoms with van der Waals surface area (Å²) in [7, 11) is 0. The Morgan fingerprint density at radius 1 is 1.30 bits per heavy atom. The van der Waals surface area contributed by atoms with Crippen molar-refractivity contribution in [2.75, 3.05) is 18.4 Å². The predicted octanol–water partition coefficient (Wildman–Crippen LogP) is 2.01. The van der Waals surface area contributed by atoms with Crippen molar-refractivity contribution in [2.45, 2.75) is 50.0 Å². The normalized spacial score (nSPS) is 30.9. The molecule has 2 fully saturated rings. The van der Waals surface area contributed by atoms with Crippen LogP contribution < -0.4 is 15.4 Å². The summed E-state index contributed by atoms with van der Waals surface area (Å²) < 4.78 is 20.1. The van der Waals surface area contributed by atoms with Gasteiger partial charge < -0.3 is 20.5 Å². The van der Waals surface area contributed by atoms with E-state index in [2.05, 4.69) is 10.6 Å². The Morgan fingerprint density at radius 2 is 2.04 bits per heavy atom. The minimum absolute atomic E-state index is 0.0552. The Kier molecular flexibility index (Phi) is 4.82. The molecule has 6 heteroatoms. The molecular formula is C17H23FN2O3. The molecule has 3 N–H and O–H groups in total. The summed E-state index contributed by atoms with van der Waals surface area (Å²) in [5.41, 5.74) is -1.29. The van der Waals surface area contributed by atoms with Gasteiger partial charge in [0.25, 0.3) is 5.91 Å². The summed E-state index contributed by atoms with van der Waals surface area (Å²) in [5.74, 6) is 0.0327. The standard InChI is InChI=1S/C17H23FN2O3/c18-17(9-10-19-11-17)16(22)20-12-5-7-13(8-6-12)23-15-4-2-1-3-14(15)21/h5-8,14-15,19,21H,1-4,9-11H2,(H,20,22). The van der Waals surface area contributed by atoms with E-state index in [1.165, 1.54) is 0 Å². The smallest absolute Gasteiger partial charge is 0.263 e. The number of aliphatic hydroxyl groups excluding tert-OH is 1. The van der Waals surface area contributed by atoms with Gasteiger partial charge in [-0.15, -0.1) is 0 Å². The maximum Gasteiger partial charge on any atom is 0.263 e. The first-order valence-corrected chi connectivity index (χ1v) is 8.23. The van der Waals surface area contributed by atoms with Gasteiger partial charge in [0.1, 0.15) is 11.9 Å². The minimum Gasteiger partial charge on any atom is -0.488 e. The van der Waals surface area contributed by atoms with Crippen LogP contribution in [0, 0.1) is 0 Å². The molecule has 126 valence electrons. The van der Waals surface area contributed by atoms with E-state index < -0.39 is 17.7 Å². The van der Waals surface area contributed by atoms with E-state index in [4.69, 9.17) is 4.74 Å². The van der Waals surface area contributed by atoms with Gasteiger partial charge in [-0.2, -0.15) is 0 Å². The van der Waals surface area contributed by atoms with Gasteiger partial charge in [0, 0.05) is 18.7 Å². The SMILES string of the molecule is O=C(Nc1ccc(OC2CCCCC2O)cc1)C1(F)CCNC1. The van der Waals surface area contributed by atoms with Gasteiger partial charge in [-0.3, -0.25) is 4.79 Å². The zero-order chi connectivity index (χ0) is 16.3. The number of aliphatic hydroxyl groups is 1. The van der Waals surface area contributed by atoms with Crippen LogP contribution in [0.25, 0.3) is 0 Å². The molecule has 1 aromatic rings. The quantitative estimate of drug-likeness (QED) is 0.793. The molecule has 1 saturated carbocycles. The number of hydrogen-bond acceptors (Lipinski definition) is 4. The van der Waals surface area contributed by atoms with Gasteiger partial charge in [-0.05, 0) is 50.1 Å². The predicted molar refractivity (Wildman–Crippen MR) is 85.3 cm³/mol. The summed E-state index contributed by atoms with van der Waals surface area (Å²) in [4.78, 5) is 12.0. The molecule has 3 atom stereocenters. The fourth-order valence-electron chi connectivity index (χ4n) is 3.10. The number of amides is 1. The van der Waals surface area contributed by atoms with Crippen molar-refractivity contribution in [3.8, 4) is 5.75 Å². The van der Waals surface area contributed by atoms with Crippen molar-refractivity contribution < 1.29 is 19.0 Å². The molecule has 0 bridgehead atoms. The number of carbonyl (C=O) groups is 1. The lowest BCUT2D eigenvalue weighted by Crippen LogP contribution is -2.40. The lowest BCUT2D eigenvalue weighted by molar-refractivity contribution is -0.126. The molecule has 2 aliphatic rings. The Morgan fingerprint density at radius 3 is 2.70 bits per heavy atom. The Bertz CT molecular complexity index is 543. The number of anilines is 1. The van der Waals surface area contributed by atoms with Crippen LogP contribution in [0.1, 0.15) is 32.1 Å². The third-order valence-electron chi connectivity index (χ3n) is 4.58. The third-order valence-corrected chi connectivity index (χ3v) is 4.58. The van der Waals surface area contributed by atoms with Gasteiger partial charge in [-0.25, -0.2) is 4.39 Å². The molecule has 5 nitrogen and oxygen atoms in total. The molecular weight excluding hydrogens is 299 g/mol. The molecule has 1 amide bonds. The second-order valence-electron chi connectivity index (χ2n) is 6.38. The molecule has 1 aromatic carbocycles. The van der Waals surface area contributed by atoms with E-state index >= 15 is 0 Å². The topological polar surface area (TPSA) is 70.6 Å². The summed E-state index contributed by atoms with van der Waals surface area (Å²) in [6, 6.07) is 6.84. The monoisotopic (exact) mass is 322 g/mol. The van der Waals surface area contributed by atoms with E-state index in [-0.39, 0.29) is 19.1 Å². The van der Waals surface area contributed by atoms with Crippen molar-refractivity contribution in [2.24, 2.45) is 0 Å². The molecule has 0 radical (unpaired) electrons. The van der Waals surface area contributed by atoms with Crippen molar-refractivity contribution >= 4 is 11.6 Å². The molecule has 3 rings (SSSR count). The zero-order valence-corrected chi connectivity index (χ0v) is 13.1. The van der Waals surface area contributed by atoms with Gasteiger partial charge >= 0.3 is 0 Å². The number of alkyl halides is 1. The maximum atomic E-state index is 14.3. The van der Waals surface area contributed by atoms with E-state index in [0.29, 0.717) is 18.0 Å². The van der Waals surface area contributed by atoms with Gasteiger partial charge in [0.15, 0.2) is 0 Å². The number of rotatable bonds is 4. The van der Waals surface area contributed by atoms with Crippen molar-refractivity contribution in [1.82, 2.24) is 5.32 Å². The van der Waals surface area contributed by atoms with Crippen LogP contribution in [0.3, 0.4) is 0 Å². The van der Waals surface area contributed by atoms with Gasteiger partial charge in [0.2, 0.25) is 5.67 Å². The van der Waals surface area contributed by atoms with Crippen LogP contribution in [0.2, 0.25) is 0 Å². The number of carbonyl (C=O) groups excluding carboxylic acids is 1. The van der Waals surface area contributed by atoms with E-state index in [0.717, 1.165) is 25.7 Å². The number of hydrogen-bond donors (Lipinski definition) is 3. The van der Waals surface area contributed by atoms with Crippen molar-refractivity contribution in [3.63, 3.8) is 0 Å². The van der Waals surface area contributed by atoms with Crippen molar-refractivity contribution in [3.05, 3.63) is 24.3 Å². The number of ether oxygens (including phenoxy) is 1. The zero-order valence-electron chi connectivity index (χ0n) is 13.1. The van der Waals surface area contributed by atoms with E-state index in [9.17, 15) is 14.3 Å². The Hall–Kier alpha value is -1.66. The highest BCUT2D eigenvalue weighted by Crippen LogP contribution is 2.26. The average Bonchev–Trinajstić information content (AvgIpc) is 3.00. The number of nitrogens with one attached hydrogen (secondary N) is 2. The summed E-state index contributed by atoms with van der Waals surface area (Å²) >= 11 is 0. The van der Waals surface area contributed by atoms with Crippen LogP contribution in [-0.4, -0.2) is 42.0 Å². The lowest BCUT2D eigenvalue weighted by atomic mass is 9.95. The van der Waals surface area contributed by atoms with Crippen LogP contribution in [0.4, 0.5) is 10.1 Å². The molecule has 23 heavy (non-hydrogen) atoms. The Balaban J connectivity index is 1.57. The van der Waals surface area contributed by atoms with Crippen LogP contribution in [0.15, 0.2) is 24.3 Å². The summed E-state index contributed by atoms with van der Waals surface area (Å²) in [6.07, 6.45) is 3.29. The van der Waals surface area contributed by atoms with Crippen LogP contribution in [-0.2, 0) is 4.79 Å². The molecule has 0 spiro atoms. The lowest BCUT2D eigenvalue weighted by Gasteiger charge is -2.28. The molecule has 1 saturated heterocycles. The maximum absolute atomic E-state index is 14.3. The molecule has 1 aliphatic heterocycles. The third kappa shape index (κ3) is 3.82. The molecule has 0 aromatic heterocycles. The average molecular weight is 322 g/mol. The highest BCUT2D eigenvalue weighted by molar-refractivity contribution is 5.97. The molecule has 1 heterocycles. The minimum atomic E-state index is -1.83. The number of benzene rings is 1. The van der Waals surface area contributed by atoms with Crippen molar-refractivity contribution in [1.29, 1.82) is 0 Å². The van der Waals surface area contributed by atoms with Gasteiger partial charge in [-0.1, -0.05) is 6.42 Å². The van der Waals surface area contributed by atoms with Crippen LogP contribution in [0.5, 0.6) is 5.75 Å². The Labute approximate surface area is 135 Å². The van der Waals surface area contributed by atoms with Crippen LogP contribution >= 0.6 is 0 Å².